The van der Waals surface area contributed by atoms with E-state index >= 15 is 0 Å². The molecule has 1 amide bonds. The summed E-state index contributed by atoms with van der Waals surface area (Å²) in [5.74, 6) is 0.451. The Bertz CT molecular complexity index is 926. The summed E-state index contributed by atoms with van der Waals surface area (Å²) in [7, 11) is 4.20. The number of likely N-dealkylation sites (N-methyl/N-ethyl adjacent to an activating group) is 1. The summed E-state index contributed by atoms with van der Waals surface area (Å²) in [5, 5.41) is 1.13. The molecule has 2 atom stereocenters. The maximum atomic E-state index is 13.1. The van der Waals surface area contributed by atoms with Crippen LogP contribution in [0.2, 0.25) is 0 Å². The molecule has 1 aliphatic heterocycles. The van der Waals surface area contributed by atoms with Crippen LogP contribution in [0.1, 0.15) is 27.4 Å². The molecule has 4 heteroatoms. The van der Waals surface area contributed by atoms with Crippen molar-refractivity contribution in [1.29, 1.82) is 0 Å². The third kappa shape index (κ3) is 3.01. The van der Waals surface area contributed by atoms with Gasteiger partial charge in [0.1, 0.15) is 0 Å². The molecule has 0 radical (unpaired) electrons. The van der Waals surface area contributed by atoms with Crippen molar-refractivity contribution in [3.05, 3.63) is 71.4 Å². The van der Waals surface area contributed by atoms with Crippen molar-refractivity contribution in [3.8, 4) is 0 Å². The third-order valence-corrected chi connectivity index (χ3v) is 5.55. The summed E-state index contributed by atoms with van der Waals surface area (Å²) in [6, 6.07) is 17.0. The molecule has 1 fully saturated rings. The van der Waals surface area contributed by atoms with Crippen LogP contribution in [0.4, 0.5) is 0 Å². The number of fused-ring (bicyclic) bond motifs is 1. The van der Waals surface area contributed by atoms with E-state index < -0.39 is 0 Å². The van der Waals surface area contributed by atoms with Gasteiger partial charge in [-0.05, 0) is 50.2 Å². The minimum Gasteiger partial charge on any atom is -0.361 e. The molecule has 2 heterocycles. The van der Waals surface area contributed by atoms with Gasteiger partial charge in [-0.2, -0.15) is 0 Å². The molecule has 134 valence electrons. The van der Waals surface area contributed by atoms with Crippen LogP contribution in [0.3, 0.4) is 0 Å². The van der Waals surface area contributed by atoms with Crippen molar-refractivity contribution in [2.45, 2.75) is 18.9 Å². The highest BCUT2D eigenvalue weighted by Crippen LogP contribution is 2.31. The second-order valence-electron chi connectivity index (χ2n) is 7.54. The van der Waals surface area contributed by atoms with Crippen LogP contribution in [0.5, 0.6) is 0 Å². The molecule has 1 N–H and O–H groups in total. The number of carbonyl (C=O) groups excluding carboxylic acids is 1. The monoisotopic (exact) mass is 347 g/mol. The van der Waals surface area contributed by atoms with Crippen molar-refractivity contribution in [1.82, 2.24) is 14.8 Å². The SMILES string of the molecule is Cc1ccc([C@@H]2CN(C(=O)c3ccc4cc[nH]c4c3)C[C@H]2N(C)C)cc1. The predicted octanol–water partition coefficient (Wildman–Crippen LogP) is 3.65. The largest absolute Gasteiger partial charge is 0.361 e. The van der Waals surface area contributed by atoms with Crippen LogP contribution in [0.15, 0.2) is 54.7 Å². The summed E-state index contributed by atoms with van der Waals surface area (Å²) >= 11 is 0. The number of aromatic amines is 1. The van der Waals surface area contributed by atoms with Gasteiger partial charge in [0.2, 0.25) is 0 Å². The second-order valence-corrected chi connectivity index (χ2v) is 7.54. The first-order valence-electron chi connectivity index (χ1n) is 9.12. The first-order chi connectivity index (χ1) is 12.5. The molecule has 1 aliphatic rings. The fourth-order valence-electron chi connectivity index (χ4n) is 3.98. The van der Waals surface area contributed by atoms with Crippen molar-refractivity contribution >= 4 is 16.8 Å². The van der Waals surface area contributed by atoms with E-state index in [4.69, 9.17) is 0 Å². The number of carbonyl (C=O) groups is 1. The number of hydrogen-bond donors (Lipinski definition) is 1. The minimum atomic E-state index is 0.114. The van der Waals surface area contributed by atoms with E-state index in [1.807, 2.05) is 35.4 Å². The summed E-state index contributed by atoms with van der Waals surface area (Å²) in [6.45, 7) is 3.62. The van der Waals surface area contributed by atoms with E-state index in [1.54, 1.807) is 0 Å². The molecule has 0 aliphatic carbocycles. The Hall–Kier alpha value is -2.59. The molecule has 1 aromatic heterocycles. The lowest BCUT2D eigenvalue weighted by Gasteiger charge is -2.25. The topological polar surface area (TPSA) is 39.3 Å². The van der Waals surface area contributed by atoms with Gasteiger partial charge in [0.15, 0.2) is 0 Å². The molecule has 4 nitrogen and oxygen atoms in total. The zero-order chi connectivity index (χ0) is 18.3. The highest BCUT2D eigenvalue weighted by molar-refractivity contribution is 5.98. The van der Waals surface area contributed by atoms with Crippen molar-refractivity contribution in [2.24, 2.45) is 0 Å². The molecule has 0 spiro atoms. The van der Waals surface area contributed by atoms with Gasteiger partial charge in [-0.1, -0.05) is 35.9 Å². The first-order valence-corrected chi connectivity index (χ1v) is 9.12. The average Bonchev–Trinajstić information content (AvgIpc) is 3.28. The molecular formula is C22H25N3O. The molecule has 0 bridgehead atoms. The van der Waals surface area contributed by atoms with Gasteiger partial charge in [0, 0.05) is 42.3 Å². The number of nitrogens with zero attached hydrogens (tertiary/aromatic N) is 2. The number of amides is 1. The molecule has 4 rings (SSSR count). The zero-order valence-corrected chi connectivity index (χ0v) is 15.6. The van der Waals surface area contributed by atoms with Crippen molar-refractivity contribution in [3.63, 3.8) is 0 Å². The standard InChI is InChI=1S/C22H25N3O/c1-15-4-6-16(7-5-15)19-13-25(14-21(19)24(2)3)22(26)18-9-8-17-10-11-23-20(17)12-18/h4-12,19,21,23H,13-14H2,1-3H3/t19-,21+/m0/s1. The Morgan fingerprint density at radius 3 is 2.58 bits per heavy atom. The third-order valence-electron chi connectivity index (χ3n) is 5.55. The Balaban J connectivity index is 1.60. The Labute approximate surface area is 154 Å². The smallest absolute Gasteiger partial charge is 0.254 e. The normalized spacial score (nSPS) is 20.2. The number of H-pyrrole nitrogens is 1. The van der Waals surface area contributed by atoms with Gasteiger partial charge in [-0.15, -0.1) is 0 Å². The van der Waals surface area contributed by atoms with Gasteiger partial charge >= 0.3 is 0 Å². The number of rotatable bonds is 3. The molecule has 2 aromatic carbocycles. The highest BCUT2D eigenvalue weighted by Gasteiger charge is 2.37. The average molecular weight is 347 g/mol. The van der Waals surface area contributed by atoms with Crippen LogP contribution in [-0.2, 0) is 0 Å². The fraction of sp³-hybridized carbons (Fsp3) is 0.318. The van der Waals surface area contributed by atoms with E-state index in [0.717, 1.165) is 29.6 Å². The summed E-state index contributed by atoms with van der Waals surface area (Å²) in [5.41, 5.74) is 4.33. The van der Waals surface area contributed by atoms with E-state index in [-0.39, 0.29) is 5.91 Å². The molecule has 0 saturated carbocycles. The first kappa shape index (κ1) is 16.9. The number of likely N-dealkylation sites (tertiary alicyclic amines) is 1. The second kappa shape index (κ2) is 6.61. The Morgan fingerprint density at radius 2 is 1.85 bits per heavy atom. The van der Waals surface area contributed by atoms with Crippen LogP contribution in [0, 0.1) is 6.92 Å². The quantitative estimate of drug-likeness (QED) is 0.786. The molecule has 26 heavy (non-hydrogen) atoms. The number of aryl methyl sites for hydroxylation is 1. The lowest BCUT2D eigenvalue weighted by molar-refractivity contribution is 0.0782. The lowest BCUT2D eigenvalue weighted by Crippen LogP contribution is -2.35. The van der Waals surface area contributed by atoms with E-state index in [2.05, 4.69) is 55.2 Å². The predicted molar refractivity (Wildman–Crippen MR) is 106 cm³/mol. The fourth-order valence-corrected chi connectivity index (χ4v) is 3.98. The van der Waals surface area contributed by atoms with Crippen LogP contribution in [-0.4, -0.2) is 53.9 Å². The van der Waals surface area contributed by atoms with Crippen molar-refractivity contribution < 1.29 is 4.79 Å². The minimum absolute atomic E-state index is 0.114. The van der Waals surface area contributed by atoms with E-state index in [0.29, 0.717) is 12.0 Å². The van der Waals surface area contributed by atoms with Crippen LogP contribution in [0.25, 0.3) is 10.9 Å². The molecule has 0 unspecified atom stereocenters. The number of nitrogens with one attached hydrogen (secondary N) is 1. The van der Waals surface area contributed by atoms with Crippen LogP contribution < -0.4 is 0 Å². The molecule has 3 aromatic rings. The van der Waals surface area contributed by atoms with Crippen LogP contribution >= 0.6 is 0 Å². The molecular weight excluding hydrogens is 322 g/mol. The number of hydrogen-bond acceptors (Lipinski definition) is 2. The van der Waals surface area contributed by atoms with Gasteiger partial charge < -0.3 is 14.8 Å². The lowest BCUT2D eigenvalue weighted by atomic mass is 9.93. The van der Waals surface area contributed by atoms with Gasteiger partial charge in [0.05, 0.1) is 0 Å². The summed E-state index contributed by atoms with van der Waals surface area (Å²) in [4.78, 5) is 20.5. The molecule has 1 saturated heterocycles. The maximum Gasteiger partial charge on any atom is 0.254 e. The van der Waals surface area contributed by atoms with Gasteiger partial charge in [-0.25, -0.2) is 0 Å². The Morgan fingerprint density at radius 1 is 1.08 bits per heavy atom. The van der Waals surface area contributed by atoms with E-state index in [9.17, 15) is 4.79 Å². The van der Waals surface area contributed by atoms with Crippen molar-refractivity contribution in [2.75, 3.05) is 27.2 Å². The summed E-state index contributed by atoms with van der Waals surface area (Å²) < 4.78 is 0. The number of aromatic nitrogens is 1. The Kier molecular flexibility index (Phi) is 4.29. The van der Waals surface area contributed by atoms with E-state index in [1.165, 1.54) is 11.1 Å². The van der Waals surface area contributed by atoms with Gasteiger partial charge in [-0.3, -0.25) is 4.79 Å². The highest BCUT2D eigenvalue weighted by atomic mass is 16.2. The summed E-state index contributed by atoms with van der Waals surface area (Å²) in [6.07, 6.45) is 1.91. The maximum absolute atomic E-state index is 13.1. The zero-order valence-electron chi connectivity index (χ0n) is 15.6. The number of benzene rings is 2. The van der Waals surface area contributed by atoms with Gasteiger partial charge in [0.25, 0.3) is 5.91 Å².